The van der Waals surface area contributed by atoms with Crippen molar-refractivity contribution in [3.05, 3.63) is 29.4 Å². The van der Waals surface area contributed by atoms with Crippen LogP contribution in [0.1, 0.15) is 101 Å². The van der Waals surface area contributed by atoms with Crippen molar-refractivity contribution in [3.63, 3.8) is 0 Å². The quantitative estimate of drug-likeness (QED) is 0.175. The van der Waals surface area contributed by atoms with E-state index in [1.165, 1.54) is 32.1 Å². The van der Waals surface area contributed by atoms with Crippen molar-refractivity contribution in [2.24, 2.45) is 27.9 Å². The molecule has 3 N–H and O–H groups in total. The Morgan fingerprint density at radius 3 is 2.39 bits per heavy atom. The van der Waals surface area contributed by atoms with Gasteiger partial charge in [-0.05, 0) is 79.1 Å². The highest BCUT2D eigenvalue weighted by Gasteiger charge is 2.57. The van der Waals surface area contributed by atoms with Crippen LogP contribution in [0.25, 0.3) is 10.6 Å². The van der Waals surface area contributed by atoms with Crippen LogP contribution in [-0.4, -0.2) is 142 Å². The third kappa shape index (κ3) is 12.0. The number of oxime groups is 1. The molecule has 5 rings (SSSR count). The zero-order valence-electron chi connectivity index (χ0n) is 40.1. The van der Waals surface area contributed by atoms with Crippen LogP contribution >= 0.6 is 11.3 Å². The number of fused-ring (bicyclic) bond motifs is 5. The van der Waals surface area contributed by atoms with Crippen LogP contribution in [0, 0.1) is 17.8 Å². The Hall–Kier alpha value is -4.31. The topological polar surface area (TPSA) is 233 Å². The standard InChI is InChI=1S/C46H67FN6O12S/c1-13-33-46(10,58)40-26(5)36(51-35(55)14-2)24(3)18-44(8,60-21-31(20-59-40)52-61-22-30-16-15-29(19-49-30)41-50-34(48)23-66-41)39(27(6)38(56)45(9,47)43(57)64-33)65-42-37(63-28(7)54)32(53(11)12)17-25(4)62-42/h15-16,19,23-27,32-33,37,39-40,42,58H,13-14,17-18,20-22,48H2,1-12H3/b51-36?,52-31+/t24-,25-,26+,27+,32+,33-,37-,39-,40-,42+,44-,45+,46-/m1/s1. The summed E-state index contributed by atoms with van der Waals surface area (Å²) in [4.78, 5) is 75.7. The van der Waals surface area contributed by atoms with Gasteiger partial charge in [-0.2, -0.15) is 0 Å². The van der Waals surface area contributed by atoms with Crippen LogP contribution in [0.3, 0.4) is 0 Å². The number of aliphatic imine (C=N–C) groups is 1. The van der Waals surface area contributed by atoms with Gasteiger partial charge in [0.2, 0.25) is 5.91 Å². The van der Waals surface area contributed by atoms with Gasteiger partial charge in [-0.1, -0.05) is 39.8 Å². The predicted octanol–water partition coefficient (Wildman–Crippen LogP) is 5.28. The lowest BCUT2D eigenvalue weighted by atomic mass is 9.73. The number of pyridine rings is 1. The van der Waals surface area contributed by atoms with Crippen molar-refractivity contribution in [1.29, 1.82) is 0 Å². The summed E-state index contributed by atoms with van der Waals surface area (Å²) in [6, 6.07) is 3.18. The second-order valence-corrected chi connectivity index (χ2v) is 19.3. The molecule has 0 aliphatic carbocycles. The molecule has 18 nitrogen and oxygen atoms in total. The van der Waals surface area contributed by atoms with Gasteiger partial charge in [0.15, 0.2) is 24.8 Å². The van der Waals surface area contributed by atoms with Crippen molar-refractivity contribution >= 4 is 52.2 Å². The Kier molecular flexibility index (Phi) is 17.4. The number of thiazole rings is 1. The summed E-state index contributed by atoms with van der Waals surface area (Å²) in [7, 11) is 3.65. The molecule has 3 saturated heterocycles. The van der Waals surface area contributed by atoms with Crippen LogP contribution in [0.15, 0.2) is 33.9 Å². The summed E-state index contributed by atoms with van der Waals surface area (Å²) < 4.78 is 55.4. The van der Waals surface area contributed by atoms with Gasteiger partial charge in [0.1, 0.15) is 28.2 Å². The van der Waals surface area contributed by atoms with E-state index >= 15 is 4.39 Å². The van der Waals surface area contributed by atoms with Crippen molar-refractivity contribution in [3.8, 4) is 10.6 Å². The first-order chi connectivity index (χ1) is 30.9. The number of aromatic nitrogens is 2. The Balaban J connectivity index is 1.69. The maximum Gasteiger partial charge on any atom is 0.351 e. The number of hydrogen-bond donors (Lipinski definition) is 2. The van der Waals surface area contributed by atoms with Gasteiger partial charge in [-0.25, -0.2) is 19.2 Å². The summed E-state index contributed by atoms with van der Waals surface area (Å²) in [6.07, 6.45) is -4.81. The lowest BCUT2D eigenvalue weighted by Gasteiger charge is -2.48. The molecular formula is C46H67FN6O12S. The fourth-order valence-electron chi connectivity index (χ4n) is 9.20. The molecule has 66 heavy (non-hydrogen) atoms. The summed E-state index contributed by atoms with van der Waals surface area (Å²) in [5, 5.41) is 19.4. The second kappa shape index (κ2) is 21.8. The Bertz CT molecular complexity index is 2100. The molecule has 5 heterocycles. The first-order valence-electron chi connectivity index (χ1n) is 22.4. The number of ketones is 1. The van der Waals surface area contributed by atoms with Crippen LogP contribution in [0.2, 0.25) is 0 Å². The number of amides is 1. The van der Waals surface area contributed by atoms with E-state index in [1.807, 2.05) is 38.9 Å². The highest BCUT2D eigenvalue weighted by molar-refractivity contribution is 7.13. The van der Waals surface area contributed by atoms with Crippen molar-refractivity contribution in [1.82, 2.24) is 14.9 Å². The minimum absolute atomic E-state index is 0.0261. The monoisotopic (exact) mass is 946 g/mol. The summed E-state index contributed by atoms with van der Waals surface area (Å²) in [5.74, 6) is -6.38. The van der Waals surface area contributed by atoms with Gasteiger partial charge in [0, 0.05) is 48.0 Å². The lowest BCUT2D eigenvalue weighted by molar-refractivity contribution is -0.299. The largest absolute Gasteiger partial charge is 0.457 e. The molecule has 366 valence electrons. The summed E-state index contributed by atoms with van der Waals surface area (Å²) in [6.45, 7) is 14.5. The number of ether oxygens (including phenoxy) is 6. The molecule has 13 atom stereocenters. The molecular weight excluding hydrogens is 880 g/mol. The fourth-order valence-corrected chi connectivity index (χ4v) is 9.90. The SMILES string of the molecule is CCC(=O)N=C1[C@H](C)C[C@@]2(C)OC/C(=N/OCc3ccc(-c4nc(N)cs4)cn3)CO[C@H]([C@H]1C)[C@](C)(O)[C@@H](CC)OC(=O)[C@@](C)(F)C(=O)[C@H](C)[C@H]2O[C@@H]1O[C@H](C)C[C@H](N(C)C)[C@H]1OC(C)=O. The number of Topliss-reactive ketones (excluding diaryl/α,β-unsaturated/α-hetero) is 1. The number of carbonyl (C=O) groups is 4. The van der Waals surface area contributed by atoms with E-state index in [0.29, 0.717) is 28.7 Å². The number of rotatable bonds is 10. The molecule has 3 aliphatic rings. The number of aliphatic hydroxyl groups is 1. The number of nitrogens with two attached hydrogens (primary N) is 1. The highest BCUT2D eigenvalue weighted by atomic mass is 32.1. The maximum atomic E-state index is 17.1. The molecule has 0 spiro atoms. The van der Waals surface area contributed by atoms with Gasteiger partial charge in [-0.15, -0.1) is 11.3 Å². The normalized spacial score (nSPS) is 36.3. The molecule has 20 heteroatoms. The zero-order valence-corrected chi connectivity index (χ0v) is 40.9. The number of anilines is 1. The number of nitrogens with zero attached hydrogens (tertiary/aromatic N) is 5. The van der Waals surface area contributed by atoms with Gasteiger partial charge < -0.3 is 49.0 Å². The minimum atomic E-state index is -3.26. The molecule has 0 saturated carbocycles. The van der Waals surface area contributed by atoms with Crippen LogP contribution in [-0.2, 0) is 59.0 Å². The molecule has 3 aliphatic heterocycles. The first-order valence-corrected chi connectivity index (χ1v) is 23.3. The van der Waals surface area contributed by atoms with E-state index < -0.39 is 101 Å². The molecule has 2 aromatic heterocycles. The Morgan fingerprint density at radius 2 is 1.80 bits per heavy atom. The van der Waals surface area contributed by atoms with Gasteiger partial charge in [-0.3, -0.25) is 19.4 Å². The number of esters is 2. The van der Waals surface area contributed by atoms with Crippen molar-refractivity contribution < 1.29 is 61.9 Å². The number of carbonyl (C=O) groups excluding carboxylic acids is 4. The highest BCUT2D eigenvalue weighted by Crippen LogP contribution is 2.41. The van der Waals surface area contributed by atoms with Crippen LogP contribution < -0.4 is 5.73 Å². The van der Waals surface area contributed by atoms with Crippen LogP contribution in [0.4, 0.5) is 10.2 Å². The number of cyclic esters (lactones) is 1. The van der Waals surface area contributed by atoms with Gasteiger partial charge >= 0.3 is 11.9 Å². The summed E-state index contributed by atoms with van der Waals surface area (Å²) >= 11 is 1.39. The van der Waals surface area contributed by atoms with Gasteiger partial charge in [0.05, 0.1) is 48.9 Å². The molecule has 2 bridgehead atoms. The smallest absolute Gasteiger partial charge is 0.351 e. The predicted molar refractivity (Wildman–Crippen MR) is 243 cm³/mol. The summed E-state index contributed by atoms with van der Waals surface area (Å²) in [5.41, 5.74) is 0.651. The molecule has 0 aromatic carbocycles. The number of nitrogen functional groups attached to an aromatic ring is 1. The van der Waals surface area contributed by atoms with E-state index in [9.17, 15) is 24.3 Å². The fraction of sp³-hybridized carbons (Fsp3) is 0.696. The number of alkyl halides is 1. The second-order valence-electron chi connectivity index (χ2n) is 18.5. The zero-order chi connectivity index (χ0) is 48.9. The molecule has 3 fully saturated rings. The Morgan fingerprint density at radius 1 is 1.09 bits per heavy atom. The van der Waals surface area contributed by atoms with Crippen molar-refractivity contribution in [2.75, 3.05) is 33.0 Å². The number of hydrogen-bond acceptors (Lipinski definition) is 18. The van der Waals surface area contributed by atoms with E-state index in [-0.39, 0.29) is 44.8 Å². The maximum absolute atomic E-state index is 17.1. The molecule has 2 aromatic rings. The van der Waals surface area contributed by atoms with E-state index in [1.54, 1.807) is 45.3 Å². The third-order valence-corrected chi connectivity index (χ3v) is 13.6. The molecule has 0 radical (unpaired) electrons. The number of likely N-dealkylation sites (N-methyl/N-ethyl adjacent to an activating group) is 1. The van der Waals surface area contributed by atoms with E-state index in [2.05, 4.69) is 20.1 Å². The van der Waals surface area contributed by atoms with Crippen LogP contribution in [0.5, 0.6) is 0 Å². The Labute approximate surface area is 390 Å². The lowest BCUT2D eigenvalue weighted by Crippen LogP contribution is -2.62. The van der Waals surface area contributed by atoms with E-state index in [0.717, 1.165) is 12.5 Å². The third-order valence-electron chi connectivity index (χ3n) is 12.7. The minimum Gasteiger partial charge on any atom is -0.457 e. The van der Waals surface area contributed by atoms with Crippen molar-refractivity contribution in [2.45, 2.75) is 161 Å². The molecule has 1 amide bonds. The first kappa shape index (κ1) is 52.7. The number of halogens is 1. The average Bonchev–Trinajstić information content (AvgIpc) is 3.69. The van der Waals surface area contributed by atoms with E-state index in [4.69, 9.17) is 39.0 Å². The average molecular weight is 947 g/mol. The van der Waals surface area contributed by atoms with Gasteiger partial charge in [0.25, 0.3) is 5.67 Å². The molecule has 0 unspecified atom stereocenters.